The maximum absolute atomic E-state index is 4.87. The Bertz CT molecular complexity index is 1810. The molecule has 4 heterocycles. The molecule has 1 aliphatic heterocycles. The lowest BCUT2D eigenvalue weighted by Crippen LogP contribution is -2.08. The number of rotatable bonds is 6. The van der Waals surface area contributed by atoms with E-state index in [1.807, 2.05) is 12.3 Å². The molecule has 6 aromatic rings. The van der Waals surface area contributed by atoms with Gasteiger partial charge in [0.15, 0.2) is 0 Å². The topological polar surface area (TPSA) is 35.1 Å². The molecule has 4 nitrogen and oxygen atoms in total. The van der Waals surface area contributed by atoms with Crippen molar-refractivity contribution in [3.05, 3.63) is 96.3 Å². The minimum atomic E-state index is 0.604. The maximum atomic E-state index is 4.87. The number of aromatic nitrogens is 3. The minimum absolute atomic E-state index is 0.604. The summed E-state index contributed by atoms with van der Waals surface area (Å²) in [7, 11) is 0. The highest BCUT2D eigenvalue weighted by Gasteiger charge is 2.21. The Morgan fingerprint density at radius 1 is 0.769 bits per heavy atom. The van der Waals surface area contributed by atoms with Gasteiger partial charge in [0.05, 0.1) is 27.8 Å². The van der Waals surface area contributed by atoms with Crippen molar-refractivity contribution in [2.45, 2.75) is 46.5 Å². The summed E-state index contributed by atoms with van der Waals surface area (Å²) in [4.78, 5) is 9.65. The van der Waals surface area contributed by atoms with E-state index in [-0.39, 0.29) is 0 Å². The zero-order chi connectivity index (χ0) is 26.5. The van der Waals surface area contributed by atoms with Gasteiger partial charge in [-0.15, -0.1) is 0 Å². The molecular formula is C35H34N4. The van der Waals surface area contributed by atoms with Crippen LogP contribution in [0.2, 0.25) is 0 Å². The zero-order valence-electron chi connectivity index (χ0n) is 22.9. The van der Waals surface area contributed by atoms with E-state index in [0.717, 1.165) is 36.0 Å². The van der Waals surface area contributed by atoms with E-state index in [1.165, 1.54) is 50.9 Å². The Kier molecular flexibility index (Phi) is 5.84. The van der Waals surface area contributed by atoms with Gasteiger partial charge < -0.3 is 9.13 Å². The average molecular weight is 511 g/mol. The standard InChI is InChI=1S/C35H34N4/c1-23(2)18-24(3)19-25-20-26(38-30-12-6-4-10-28(30)34-32(38)14-8-16-36-34)22-27(21-25)39-31-13-7-5-11-29(31)35-33(39)15-9-17-37-35/h4-8,10-14,16-17,20-24H,9,15,18-19H2,1-3H3. The fourth-order valence-corrected chi connectivity index (χ4v) is 6.69. The van der Waals surface area contributed by atoms with Crippen LogP contribution in [0, 0.1) is 11.8 Å². The highest BCUT2D eigenvalue weighted by molar-refractivity contribution is 6.07. The summed E-state index contributed by atoms with van der Waals surface area (Å²) in [5.41, 5.74) is 10.8. The monoisotopic (exact) mass is 510 g/mol. The summed E-state index contributed by atoms with van der Waals surface area (Å²) in [5.74, 6) is 1.29. The van der Waals surface area contributed by atoms with Crippen molar-refractivity contribution in [2.75, 3.05) is 0 Å². The van der Waals surface area contributed by atoms with E-state index in [0.29, 0.717) is 11.8 Å². The van der Waals surface area contributed by atoms with Crippen LogP contribution >= 0.6 is 0 Å². The first-order chi connectivity index (χ1) is 19.1. The summed E-state index contributed by atoms with van der Waals surface area (Å²) in [6, 6.07) is 28.8. The molecule has 0 bridgehead atoms. The molecule has 3 aromatic heterocycles. The first-order valence-electron chi connectivity index (χ1n) is 14.2. The molecule has 0 aliphatic carbocycles. The highest BCUT2D eigenvalue weighted by Crippen LogP contribution is 2.39. The molecule has 0 fully saturated rings. The molecule has 0 saturated heterocycles. The van der Waals surface area contributed by atoms with Crippen LogP contribution in [-0.2, 0) is 12.8 Å². The molecule has 1 atom stereocenters. The third kappa shape index (κ3) is 4.06. The second kappa shape index (κ2) is 9.53. The Hall–Kier alpha value is -4.18. The van der Waals surface area contributed by atoms with Crippen molar-refractivity contribution < 1.29 is 0 Å². The van der Waals surface area contributed by atoms with Crippen molar-refractivity contribution in [1.82, 2.24) is 14.1 Å². The lowest BCUT2D eigenvalue weighted by atomic mass is 9.92. The third-order valence-corrected chi connectivity index (χ3v) is 8.04. The van der Waals surface area contributed by atoms with Crippen molar-refractivity contribution in [3.63, 3.8) is 0 Å². The molecule has 0 N–H and O–H groups in total. The molecule has 0 spiro atoms. The number of nitrogens with zero attached hydrogens (tertiary/aromatic N) is 4. The van der Waals surface area contributed by atoms with Crippen LogP contribution in [0.15, 0.2) is 90.1 Å². The minimum Gasteiger partial charge on any atom is -0.311 e. The van der Waals surface area contributed by atoms with Crippen LogP contribution in [0.3, 0.4) is 0 Å². The van der Waals surface area contributed by atoms with Crippen LogP contribution in [0.1, 0.15) is 44.9 Å². The lowest BCUT2D eigenvalue weighted by molar-refractivity contribution is 0.437. The van der Waals surface area contributed by atoms with Crippen LogP contribution in [0.25, 0.3) is 44.2 Å². The van der Waals surface area contributed by atoms with Gasteiger partial charge >= 0.3 is 0 Å². The van der Waals surface area contributed by atoms with Gasteiger partial charge in [0.2, 0.25) is 0 Å². The third-order valence-electron chi connectivity index (χ3n) is 8.04. The SMILES string of the molecule is CC(C)CC(C)Cc1cc(-n2c3c(c4ccccc42)N=CCC3)cc(-n2c3ccccc3c3ncccc32)c1. The molecule has 3 aromatic carbocycles. The Morgan fingerprint density at radius 3 is 2.26 bits per heavy atom. The largest absolute Gasteiger partial charge is 0.311 e. The van der Waals surface area contributed by atoms with Crippen molar-refractivity contribution >= 4 is 44.7 Å². The molecule has 0 saturated carbocycles. The van der Waals surface area contributed by atoms with Crippen molar-refractivity contribution in [2.24, 2.45) is 16.8 Å². The summed E-state index contributed by atoms with van der Waals surface area (Å²) in [5, 5.41) is 2.41. The van der Waals surface area contributed by atoms with E-state index >= 15 is 0 Å². The lowest BCUT2D eigenvalue weighted by Gasteiger charge is -2.19. The predicted molar refractivity (Wildman–Crippen MR) is 164 cm³/mol. The Morgan fingerprint density at radius 2 is 1.46 bits per heavy atom. The summed E-state index contributed by atoms with van der Waals surface area (Å²) < 4.78 is 4.86. The van der Waals surface area contributed by atoms with E-state index in [1.54, 1.807) is 0 Å². The van der Waals surface area contributed by atoms with Gasteiger partial charge in [0.25, 0.3) is 0 Å². The summed E-state index contributed by atoms with van der Waals surface area (Å²) >= 11 is 0. The molecular weight excluding hydrogens is 476 g/mol. The quantitative estimate of drug-likeness (QED) is 0.220. The molecule has 0 amide bonds. The number of fused-ring (bicyclic) bond motifs is 6. The van der Waals surface area contributed by atoms with E-state index in [4.69, 9.17) is 9.98 Å². The van der Waals surface area contributed by atoms with Gasteiger partial charge in [0.1, 0.15) is 0 Å². The highest BCUT2D eigenvalue weighted by atomic mass is 15.0. The number of pyridine rings is 1. The smallest absolute Gasteiger partial charge is 0.0963 e. The number of benzene rings is 3. The predicted octanol–water partition coefficient (Wildman–Crippen LogP) is 9.00. The van der Waals surface area contributed by atoms with Gasteiger partial charge in [0, 0.05) is 40.3 Å². The number of hydrogen-bond donors (Lipinski definition) is 0. The second-order valence-electron chi connectivity index (χ2n) is 11.5. The molecule has 4 heteroatoms. The van der Waals surface area contributed by atoms with Gasteiger partial charge in [-0.25, -0.2) is 0 Å². The summed E-state index contributed by atoms with van der Waals surface area (Å²) in [6.45, 7) is 7.03. The van der Waals surface area contributed by atoms with Crippen LogP contribution in [-0.4, -0.2) is 20.3 Å². The number of aliphatic imine (C=N–C) groups is 1. The molecule has 7 rings (SSSR count). The van der Waals surface area contributed by atoms with Gasteiger partial charge in [-0.2, -0.15) is 0 Å². The zero-order valence-corrected chi connectivity index (χ0v) is 22.9. The van der Waals surface area contributed by atoms with E-state index in [9.17, 15) is 0 Å². The van der Waals surface area contributed by atoms with E-state index < -0.39 is 0 Å². The fourth-order valence-electron chi connectivity index (χ4n) is 6.69. The number of hydrogen-bond acceptors (Lipinski definition) is 2. The average Bonchev–Trinajstić information content (AvgIpc) is 3.46. The summed E-state index contributed by atoms with van der Waals surface area (Å²) in [6.07, 6.45) is 8.20. The van der Waals surface area contributed by atoms with E-state index in [2.05, 4.69) is 109 Å². The van der Waals surface area contributed by atoms with Crippen LogP contribution in [0.4, 0.5) is 5.69 Å². The number of para-hydroxylation sites is 2. The molecule has 39 heavy (non-hydrogen) atoms. The first-order valence-corrected chi connectivity index (χ1v) is 14.2. The molecule has 1 aliphatic rings. The Labute approximate surface area is 229 Å². The van der Waals surface area contributed by atoms with Crippen molar-refractivity contribution in [3.8, 4) is 11.4 Å². The molecule has 1 unspecified atom stereocenters. The van der Waals surface area contributed by atoms with Crippen molar-refractivity contribution in [1.29, 1.82) is 0 Å². The normalized spacial score (nSPS) is 14.1. The first kappa shape index (κ1) is 23.9. The second-order valence-corrected chi connectivity index (χ2v) is 11.5. The van der Waals surface area contributed by atoms with Crippen LogP contribution < -0.4 is 0 Å². The molecule has 194 valence electrons. The van der Waals surface area contributed by atoms with Crippen LogP contribution in [0.5, 0.6) is 0 Å². The fraction of sp³-hybridized carbons (Fsp3) is 0.257. The molecule has 0 radical (unpaired) electrons. The Balaban J connectivity index is 1.51. The van der Waals surface area contributed by atoms with Gasteiger partial charge in [-0.3, -0.25) is 9.98 Å². The maximum Gasteiger partial charge on any atom is 0.0963 e. The van der Waals surface area contributed by atoms with Gasteiger partial charge in [-0.05, 0) is 85.5 Å². The van der Waals surface area contributed by atoms with Gasteiger partial charge in [-0.1, -0.05) is 57.2 Å².